The number of fused-ring (bicyclic) bond motifs is 2. The van der Waals surface area contributed by atoms with Gasteiger partial charge in [-0.1, -0.05) is 0 Å². The SMILES string of the molecule is COc1ccc2c(c1)OC1CCCN1C2=O. The number of nitrogens with zero attached hydrogens (tertiary/aromatic N) is 1. The number of benzene rings is 1. The van der Waals surface area contributed by atoms with Crippen LogP contribution in [0.2, 0.25) is 0 Å². The van der Waals surface area contributed by atoms with Crippen LogP contribution in [0.1, 0.15) is 23.2 Å². The topological polar surface area (TPSA) is 38.8 Å². The summed E-state index contributed by atoms with van der Waals surface area (Å²) in [7, 11) is 1.61. The molecule has 2 aliphatic rings. The van der Waals surface area contributed by atoms with Crippen LogP contribution in [-0.2, 0) is 0 Å². The third kappa shape index (κ3) is 1.26. The average molecular weight is 219 g/mol. The monoisotopic (exact) mass is 219 g/mol. The minimum atomic E-state index is -0.0768. The Morgan fingerprint density at radius 2 is 2.38 bits per heavy atom. The van der Waals surface area contributed by atoms with Crippen LogP contribution in [0.25, 0.3) is 0 Å². The second kappa shape index (κ2) is 3.40. The zero-order valence-electron chi connectivity index (χ0n) is 9.10. The smallest absolute Gasteiger partial charge is 0.260 e. The summed E-state index contributed by atoms with van der Waals surface area (Å²) in [5, 5.41) is 0. The first-order valence-corrected chi connectivity index (χ1v) is 5.45. The number of rotatable bonds is 1. The molecule has 0 radical (unpaired) electrons. The molecule has 0 bridgehead atoms. The van der Waals surface area contributed by atoms with Gasteiger partial charge in [0.25, 0.3) is 5.91 Å². The van der Waals surface area contributed by atoms with E-state index in [9.17, 15) is 4.79 Å². The van der Waals surface area contributed by atoms with Gasteiger partial charge in [-0.2, -0.15) is 0 Å². The zero-order valence-corrected chi connectivity index (χ0v) is 9.10. The van der Waals surface area contributed by atoms with Gasteiger partial charge >= 0.3 is 0 Å². The number of amides is 1. The molecular formula is C12H13NO3. The van der Waals surface area contributed by atoms with Crippen molar-refractivity contribution < 1.29 is 14.3 Å². The van der Waals surface area contributed by atoms with E-state index in [2.05, 4.69) is 0 Å². The number of hydrogen-bond acceptors (Lipinski definition) is 3. The van der Waals surface area contributed by atoms with Crippen molar-refractivity contribution in [3.8, 4) is 11.5 Å². The van der Waals surface area contributed by atoms with E-state index >= 15 is 0 Å². The highest BCUT2D eigenvalue weighted by molar-refractivity contribution is 5.98. The molecular weight excluding hydrogens is 206 g/mol. The Hall–Kier alpha value is -1.71. The summed E-state index contributed by atoms with van der Waals surface area (Å²) in [5.41, 5.74) is 0.638. The van der Waals surface area contributed by atoms with Gasteiger partial charge in [-0.05, 0) is 18.6 Å². The Labute approximate surface area is 93.8 Å². The lowest BCUT2D eigenvalue weighted by Crippen LogP contribution is -2.42. The maximum atomic E-state index is 12.1. The summed E-state index contributed by atoms with van der Waals surface area (Å²) < 4.78 is 10.9. The predicted octanol–water partition coefficient (Wildman–Crippen LogP) is 1.65. The third-order valence-electron chi connectivity index (χ3n) is 3.14. The summed E-state index contributed by atoms with van der Waals surface area (Å²) in [6.07, 6.45) is 1.86. The van der Waals surface area contributed by atoms with E-state index in [1.807, 2.05) is 0 Å². The summed E-state index contributed by atoms with van der Waals surface area (Å²) in [5.74, 6) is 1.44. The number of carbonyl (C=O) groups is 1. The normalized spacial score (nSPS) is 22.4. The van der Waals surface area contributed by atoms with E-state index in [0.29, 0.717) is 11.3 Å². The molecule has 3 rings (SSSR count). The lowest BCUT2D eigenvalue weighted by atomic mass is 10.1. The molecule has 4 nitrogen and oxygen atoms in total. The van der Waals surface area contributed by atoms with Crippen molar-refractivity contribution in [3.05, 3.63) is 23.8 Å². The maximum Gasteiger partial charge on any atom is 0.260 e. The number of ether oxygens (including phenoxy) is 2. The molecule has 0 saturated carbocycles. The highest BCUT2D eigenvalue weighted by Gasteiger charge is 2.36. The van der Waals surface area contributed by atoms with Gasteiger partial charge in [0.2, 0.25) is 0 Å². The Bertz CT molecular complexity index is 444. The molecule has 0 aliphatic carbocycles. The molecule has 0 N–H and O–H groups in total. The fourth-order valence-corrected chi connectivity index (χ4v) is 2.30. The van der Waals surface area contributed by atoms with Crippen molar-refractivity contribution >= 4 is 5.91 Å². The minimum Gasteiger partial charge on any atom is -0.497 e. The van der Waals surface area contributed by atoms with Crippen molar-refractivity contribution in [1.29, 1.82) is 0 Å². The number of hydrogen-bond donors (Lipinski definition) is 0. The van der Waals surface area contributed by atoms with Crippen LogP contribution in [0.3, 0.4) is 0 Å². The molecule has 1 atom stereocenters. The quantitative estimate of drug-likeness (QED) is 0.721. The van der Waals surface area contributed by atoms with Crippen LogP contribution in [0.5, 0.6) is 11.5 Å². The van der Waals surface area contributed by atoms with Crippen molar-refractivity contribution in [1.82, 2.24) is 4.90 Å². The highest BCUT2D eigenvalue weighted by Crippen LogP contribution is 2.34. The third-order valence-corrected chi connectivity index (χ3v) is 3.14. The van der Waals surface area contributed by atoms with Gasteiger partial charge in [-0.3, -0.25) is 4.79 Å². The molecule has 0 aromatic heterocycles. The van der Waals surface area contributed by atoms with Crippen LogP contribution in [0, 0.1) is 0 Å². The molecule has 1 fully saturated rings. The molecule has 1 saturated heterocycles. The van der Waals surface area contributed by atoms with E-state index in [1.54, 1.807) is 30.2 Å². The largest absolute Gasteiger partial charge is 0.497 e. The van der Waals surface area contributed by atoms with E-state index in [-0.39, 0.29) is 12.1 Å². The van der Waals surface area contributed by atoms with E-state index in [1.165, 1.54) is 0 Å². The summed E-state index contributed by atoms with van der Waals surface area (Å²) >= 11 is 0. The van der Waals surface area contributed by atoms with Gasteiger partial charge in [0, 0.05) is 19.0 Å². The maximum absolute atomic E-state index is 12.1. The van der Waals surface area contributed by atoms with Crippen LogP contribution >= 0.6 is 0 Å². The summed E-state index contributed by atoms with van der Waals surface area (Å²) in [4.78, 5) is 13.9. The van der Waals surface area contributed by atoms with Gasteiger partial charge in [-0.25, -0.2) is 0 Å². The molecule has 1 aromatic carbocycles. The van der Waals surface area contributed by atoms with Gasteiger partial charge in [0.15, 0.2) is 6.23 Å². The van der Waals surface area contributed by atoms with Crippen LogP contribution in [0.15, 0.2) is 18.2 Å². The molecule has 2 heterocycles. The lowest BCUT2D eigenvalue weighted by molar-refractivity contribution is 0.0293. The van der Waals surface area contributed by atoms with E-state index in [4.69, 9.17) is 9.47 Å². The molecule has 2 aliphatic heterocycles. The van der Waals surface area contributed by atoms with Crippen molar-refractivity contribution in [2.75, 3.05) is 13.7 Å². The van der Waals surface area contributed by atoms with Gasteiger partial charge < -0.3 is 14.4 Å². The average Bonchev–Trinajstić information content (AvgIpc) is 2.77. The number of methoxy groups -OCH3 is 1. The molecule has 1 aromatic rings. The second-order valence-electron chi connectivity index (χ2n) is 4.08. The summed E-state index contributed by atoms with van der Waals surface area (Å²) in [6, 6.07) is 5.34. The first-order valence-electron chi connectivity index (χ1n) is 5.45. The summed E-state index contributed by atoms with van der Waals surface area (Å²) in [6.45, 7) is 0.801. The standard InChI is InChI=1S/C12H13NO3/c1-15-8-4-5-9-10(7-8)16-11-3-2-6-13(11)12(9)14/h4-5,7,11H,2-3,6H2,1H3. The minimum absolute atomic E-state index is 0.0754. The first-order chi connectivity index (χ1) is 7.79. The lowest BCUT2D eigenvalue weighted by Gasteiger charge is -2.31. The molecule has 0 spiro atoms. The molecule has 4 heteroatoms. The van der Waals surface area contributed by atoms with E-state index < -0.39 is 0 Å². The Morgan fingerprint density at radius 1 is 1.50 bits per heavy atom. The van der Waals surface area contributed by atoms with Crippen molar-refractivity contribution in [2.24, 2.45) is 0 Å². The van der Waals surface area contributed by atoms with E-state index in [0.717, 1.165) is 25.1 Å². The molecule has 1 amide bonds. The van der Waals surface area contributed by atoms with Crippen molar-refractivity contribution in [3.63, 3.8) is 0 Å². The first kappa shape index (κ1) is 9.51. The Morgan fingerprint density at radius 3 is 3.19 bits per heavy atom. The van der Waals surface area contributed by atoms with Gasteiger partial charge in [-0.15, -0.1) is 0 Å². The molecule has 1 unspecified atom stereocenters. The number of carbonyl (C=O) groups excluding carboxylic acids is 1. The van der Waals surface area contributed by atoms with Crippen molar-refractivity contribution in [2.45, 2.75) is 19.1 Å². The molecule has 16 heavy (non-hydrogen) atoms. The Kier molecular flexibility index (Phi) is 2.02. The Balaban J connectivity index is 2.03. The van der Waals surface area contributed by atoms with Crippen LogP contribution in [-0.4, -0.2) is 30.7 Å². The predicted molar refractivity (Wildman–Crippen MR) is 57.7 cm³/mol. The molecule has 84 valence electrons. The zero-order chi connectivity index (χ0) is 11.1. The van der Waals surface area contributed by atoms with Crippen LogP contribution in [0.4, 0.5) is 0 Å². The fraction of sp³-hybridized carbons (Fsp3) is 0.417. The fourth-order valence-electron chi connectivity index (χ4n) is 2.30. The highest BCUT2D eigenvalue weighted by atomic mass is 16.5. The van der Waals surface area contributed by atoms with Gasteiger partial charge in [0.1, 0.15) is 11.5 Å². The second-order valence-corrected chi connectivity index (χ2v) is 4.08. The van der Waals surface area contributed by atoms with Gasteiger partial charge in [0.05, 0.1) is 12.7 Å². The van der Waals surface area contributed by atoms with Crippen LogP contribution < -0.4 is 9.47 Å².